The van der Waals surface area contributed by atoms with E-state index in [1.165, 1.54) is 5.56 Å². The first-order valence-electron chi connectivity index (χ1n) is 9.80. The zero-order valence-electron chi connectivity index (χ0n) is 16.7. The lowest BCUT2D eigenvalue weighted by molar-refractivity contribution is -0.122. The van der Waals surface area contributed by atoms with Crippen molar-refractivity contribution in [1.82, 2.24) is 15.2 Å². The van der Waals surface area contributed by atoms with Gasteiger partial charge < -0.3 is 15.0 Å². The summed E-state index contributed by atoms with van der Waals surface area (Å²) in [6, 6.07) is 13.6. The van der Waals surface area contributed by atoms with Gasteiger partial charge in [0.2, 0.25) is 5.91 Å². The number of rotatable bonds is 5. The molecule has 3 aromatic rings. The molecule has 0 saturated heterocycles. The Morgan fingerprint density at radius 3 is 2.76 bits per heavy atom. The number of hydrogen-bond acceptors (Lipinski definition) is 4. The average Bonchev–Trinajstić information content (AvgIpc) is 2.73. The van der Waals surface area contributed by atoms with Crippen LogP contribution in [-0.2, 0) is 24.3 Å². The van der Waals surface area contributed by atoms with Crippen molar-refractivity contribution in [2.24, 2.45) is 0 Å². The molecule has 0 aliphatic carbocycles. The summed E-state index contributed by atoms with van der Waals surface area (Å²) in [6.45, 7) is 4.02. The summed E-state index contributed by atoms with van der Waals surface area (Å²) < 4.78 is 5.38. The van der Waals surface area contributed by atoms with Crippen molar-refractivity contribution in [3.63, 3.8) is 0 Å². The van der Waals surface area contributed by atoms with Crippen LogP contribution < -0.4 is 15.5 Å². The number of nitrogens with zero attached hydrogens (tertiary/aromatic N) is 1. The molecule has 0 spiro atoms. The maximum atomic E-state index is 13.0. The fourth-order valence-electron chi connectivity index (χ4n) is 3.80. The number of aromatic amines is 1. The molecule has 2 heterocycles. The van der Waals surface area contributed by atoms with Gasteiger partial charge in [0.25, 0.3) is 0 Å². The molecule has 2 aromatic carbocycles. The van der Waals surface area contributed by atoms with Crippen molar-refractivity contribution in [3.8, 4) is 5.75 Å². The van der Waals surface area contributed by atoms with Crippen LogP contribution in [0.3, 0.4) is 0 Å². The summed E-state index contributed by atoms with van der Waals surface area (Å²) in [5, 5.41) is 3.59. The molecule has 29 heavy (non-hydrogen) atoms. The predicted molar refractivity (Wildman–Crippen MR) is 113 cm³/mol. The van der Waals surface area contributed by atoms with Crippen molar-refractivity contribution in [2.45, 2.75) is 26.4 Å². The number of ether oxygens (including phenoxy) is 1. The fraction of sp³-hybridized carbons (Fsp3) is 0.304. The molecule has 0 radical (unpaired) electrons. The summed E-state index contributed by atoms with van der Waals surface area (Å²) in [5.41, 5.74) is 4.69. The normalized spacial score (nSPS) is 13.9. The average molecular weight is 391 g/mol. The largest absolute Gasteiger partial charge is 0.495 e. The van der Waals surface area contributed by atoms with E-state index in [4.69, 9.17) is 4.74 Å². The van der Waals surface area contributed by atoms with Crippen LogP contribution in [0.1, 0.15) is 22.4 Å². The molecule has 1 amide bonds. The van der Waals surface area contributed by atoms with Crippen LogP contribution in [0.2, 0.25) is 0 Å². The molecule has 0 fully saturated rings. The lowest BCUT2D eigenvalue weighted by atomic mass is 10.0. The number of carbonyl (C=O) groups excluding carboxylic acids is 1. The van der Waals surface area contributed by atoms with Crippen LogP contribution >= 0.6 is 0 Å². The Kier molecular flexibility index (Phi) is 5.36. The van der Waals surface area contributed by atoms with Gasteiger partial charge in [-0.15, -0.1) is 0 Å². The second-order valence-electron chi connectivity index (χ2n) is 7.52. The van der Waals surface area contributed by atoms with E-state index in [9.17, 15) is 9.59 Å². The van der Waals surface area contributed by atoms with Crippen molar-refractivity contribution in [3.05, 3.63) is 75.1 Å². The highest BCUT2D eigenvalue weighted by atomic mass is 16.5. The van der Waals surface area contributed by atoms with Gasteiger partial charge in [-0.1, -0.05) is 35.9 Å². The smallest absolute Gasteiger partial charge is 0.234 e. The molecule has 1 aliphatic heterocycles. The summed E-state index contributed by atoms with van der Waals surface area (Å²) in [5.74, 6) is 0.633. The van der Waals surface area contributed by atoms with Gasteiger partial charge in [0, 0.05) is 42.7 Å². The van der Waals surface area contributed by atoms with E-state index in [1.807, 2.05) is 54.3 Å². The number of H-pyrrole nitrogens is 1. The molecule has 0 saturated carbocycles. The number of carbonyl (C=O) groups is 1. The van der Waals surface area contributed by atoms with Crippen LogP contribution in [0.15, 0.2) is 47.3 Å². The van der Waals surface area contributed by atoms with E-state index in [1.54, 1.807) is 7.11 Å². The quantitative estimate of drug-likeness (QED) is 0.701. The number of fused-ring (bicyclic) bond motifs is 2. The first-order chi connectivity index (χ1) is 14.0. The number of nitrogens with one attached hydrogen (secondary N) is 2. The van der Waals surface area contributed by atoms with E-state index in [-0.39, 0.29) is 17.9 Å². The lowest BCUT2D eigenvalue weighted by Gasteiger charge is -2.28. The van der Waals surface area contributed by atoms with Gasteiger partial charge >= 0.3 is 0 Å². The summed E-state index contributed by atoms with van der Waals surface area (Å²) in [4.78, 5) is 30.8. The summed E-state index contributed by atoms with van der Waals surface area (Å²) >= 11 is 0. The molecule has 2 N–H and O–H groups in total. The number of para-hydroxylation sites is 1. The first-order valence-corrected chi connectivity index (χ1v) is 9.80. The van der Waals surface area contributed by atoms with Crippen LogP contribution in [0.4, 0.5) is 0 Å². The molecule has 6 heteroatoms. The molecule has 0 unspecified atom stereocenters. The number of aromatic nitrogens is 1. The zero-order valence-corrected chi connectivity index (χ0v) is 16.7. The summed E-state index contributed by atoms with van der Waals surface area (Å²) in [6.07, 6.45) is 0.698. The molecule has 150 valence electrons. The Morgan fingerprint density at radius 1 is 1.21 bits per heavy atom. The molecule has 6 nitrogen and oxygen atoms in total. The second-order valence-corrected chi connectivity index (χ2v) is 7.52. The standard InChI is InChI=1S/C23H25N3O3/c1-15-6-8-16(9-7-15)12-24-21(27)14-26-11-10-19-18(13-26)23(28)17-4-3-5-20(29-2)22(17)25-19/h3-9H,10-14H2,1-2H3,(H,24,27)(H,25,28). The van der Waals surface area contributed by atoms with Crippen molar-refractivity contribution in [2.75, 3.05) is 20.2 Å². The minimum atomic E-state index is -0.0343. The van der Waals surface area contributed by atoms with Crippen molar-refractivity contribution in [1.29, 1.82) is 0 Å². The third-order valence-electron chi connectivity index (χ3n) is 5.44. The number of methoxy groups -OCH3 is 1. The Morgan fingerprint density at radius 2 is 2.00 bits per heavy atom. The third kappa shape index (κ3) is 4.03. The highest BCUT2D eigenvalue weighted by molar-refractivity contribution is 5.85. The zero-order chi connectivity index (χ0) is 20.4. The van der Waals surface area contributed by atoms with E-state index in [0.717, 1.165) is 28.9 Å². The van der Waals surface area contributed by atoms with Crippen LogP contribution in [0, 0.1) is 6.92 Å². The van der Waals surface area contributed by atoms with Crippen LogP contribution in [0.5, 0.6) is 5.75 Å². The third-order valence-corrected chi connectivity index (χ3v) is 5.44. The summed E-state index contributed by atoms with van der Waals surface area (Å²) in [7, 11) is 1.60. The van der Waals surface area contributed by atoms with Crippen molar-refractivity contribution >= 4 is 16.8 Å². The van der Waals surface area contributed by atoms with Gasteiger partial charge in [-0.25, -0.2) is 0 Å². The van der Waals surface area contributed by atoms with Gasteiger partial charge in [0.15, 0.2) is 5.43 Å². The van der Waals surface area contributed by atoms with E-state index in [2.05, 4.69) is 10.3 Å². The first kappa shape index (κ1) is 19.2. The minimum Gasteiger partial charge on any atom is -0.495 e. The van der Waals surface area contributed by atoms with Gasteiger partial charge in [-0.2, -0.15) is 0 Å². The van der Waals surface area contributed by atoms with E-state index in [0.29, 0.717) is 30.6 Å². The Balaban J connectivity index is 1.45. The maximum Gasteiger partial charge on any atom is 0.234 e. The predicted octanol–water partition coefficient (Wildman–Crippen LogP) is 2.52. The number of amides is 1. The van der Waals surface area contributed by atoms with Gasteiger partial charge in [0.05, 0.1) is 19.2 Å². The highest BCUT2D eigenvalue weighted by Crippen LogP contribution is 2.24. The minimum absolute atomic E-state index is 0.0115. The topological polar surface area (TPSA) is 74.4 Å². The molecule has 0 atom stereocenters. The molecule has 1 aromatic heterocycles. The number of hydrogen-bond donors (Lipinski definition) is 2. The SMILES string of the molecule is COc1cccc2c(=O)c3c([nH]c12)CCN(CC(=O)NCc1ccc(C)cc1)C3. The van der Waals surface area contributed by atoms with Crippen LogP contribution in [-0.4, -0.2) is 36.0 Å². The number of benzene rings is 2. The lowest BCUT2D eigenvalue weighted by Crippen LogP contribution is -2.41. The molecular formula is C23H25N3O3. The van der Waals surface area contributed by atoms with Gasteiger partial charge in [-0.05, 0) is 24.6 Å². The Bertz CT molecular complexity index is 1100. The van der Waals surface area contributed by atoms with E-state index >= 15 is 0 Å². The van der Waals surface area contributed by atoms with Gasteiger partial charge in [-0.3, -0.25) is 14.5 Å². The molecule has 4 rings (SSSR count). The molecule has 0 bridgehead atoms. The van der Waals surface area contributed by atoms with Crippen molar-refractivity contribution < 1.29 is 9.53 Å². The number of aryl methyl sites for hydroxylation is 1. The Labute approximate surface area is 169 Å². The maximum absolute atomic E-state index is 13.0. The van der Waals surface area contributed by atoms with E-state index < -0.39 is 0 Å². The second kappa shape index (κ2) is 8.09. The monoisotopic (exact) mass is 391 g/mol. The highest BCUT2D eigenvalue weighted by Gasteiger charge is 2.23. The van der Waals surface area contributed by atoms with Gasteiger partial charge in [0.1, 0.15) is 5.75 Å². The molecule has 1 aliphatic rings. The molecular weight excluding hydrogens is 366 g/mol. The van der Waals surface area contributed by atoms with Crippen LogP contribution in [0.25, 0.3) is 10.9 Å². The fourth-order valence-corrected chi connectivity index (χ4v) is 3.80. The Hall–Kier alpha value is -3.12. The number of pyridine rings is 1.